The van der Waals surface area contributed by atoms with Gasteiger partial charge in [0.1, 0.15) is 5.82 Å². The standard InChI is InChI=1S/C14H19FN2O3S/c1-10-8-12(15)5-6-13(10)16-14(18)11-4-3-7-17(9-11)21(2,19)20/h5-6,8,11H,3-4,7,9H2,1-2H3,(H,16,18). The number of aryl methyl sites for hydroxylation is 1. The second-order valence-electron chi connectivity index (χ2n) is 5.41. The van der Waals surface area contributed by atoms with E-state index in [0.29, 0.717) is 30.6 Å². The molecular formula is C14H19FN2O3S. The number of carbonyl (C=O) groups excluding carboxylic acids is 1. The van der Waals surface area contributed by atoms with Gasteiger partial charge in [-0.2, -0.15) is 0 Å². The van der Waals surface area contributed by atoms with Crippen LogP contribution in [-0.2, 0) is 14.8 Å². The molecule has 1 aromatic rings. The highest BCUT2D eigenvalue weighted by molar-refractivity contribution is 7.88. The van der Waals surface area contributed by atoms with E-state index in [1.165, 1.54) is 22.5 Å². The predicted molar refractivity (Wildman–Crippen MR) is 78.9 cm³/mol. The van der Waals surface area contributed by atoms with E-state index >= 15 is 0 Å². The number of benzene rings is 1. The summed E-state index contributed by atoms with van der Waals surface area (Å²) in [7, 11) is -3.28. The van der Waals surface area contributed by atoms with Gasteiger partial charge in [-0.15, -0.1) is 0 Å². The summed E-state index contributed by atoms with van der Waals surface area (Å²) in [6.45, 7) is 2.37. The Morgan fingerprint density at radius 2 is 2.14 bits per heavy atom. The number of nitrogens with zero attached hydrogens (tertiary/aromatic N) is 1. The number of piperidine rings is 1. The molecule has 1 atom stereocenters. The number of rotatable bonds is 3. The van der Waals surface area contributed by atoms with Gasteiger partial charge in [-0.3, -0.25) is 4.79 Å². The number of carbonyl (C=O) groups is 1. The van der Waals surface area contributed by atoms with Crippen LogP contribution >= 0.6 is 0 Å². The summed E-state index contributed by atoms with van der Waals surface area (Å²) in [4.78, 5) is 12.3. The zero-order valence-electron chi connectivity index (χ0n) is 12.1. The van der Waals surface area contributed by atoms with Crippen LogP contribution in [0.15, 0.2) is 18.2 Å². The Balaban J connectivity index is 2.06. The number of amides is 1. The molecule has 5 nitrogen and oxygen atoms in total. The molecular weight excluding hydrogens is 295 g/mol. The van der Waals surface area contributed by atoms with Crippen LogP contribution in [0.25, 0.3) is 0 Å². The molecule has 0 spiro atoms. The number of nitrogens with one attached hydrogen (secondary N) is 1. The predicted octanol–water partition coefficient (Wildman–Crippen LogP) is 1.74. The highest BCUT2D eigenvalue weighted by Gasteiger charge is 2.30. The fourth-order valence-electron chi connectivity index (χ4n) is 2.46. The number of anilines is 1. The lowest BCUT2D eigenvalue weighted by atomic mass is 9.98. The molecule has 2 rings (SSSR count). The van der Waals surface area contributed by atoms with Gasteiger partial charge in [0.15, 0.2) is 0 Å². The zero-order chi connectivity index (χ0) is 15.6. The van der Waals surface area contributed by atoms with Crippen molar-refractivity contribution in [2.75, 3.05) is 24.7 Å². The maximum absolute atomic E-state index is 13.0. The minimum absolute atomic E-state index is 0.199. The molecule has 116 valence electrons. The van der Waals surface area contributed by atoms with Crippen molar-refractivity contribution in [3.8, 4) is 0 Å². The summed E-state index contributed by atoms with van der Waals surface area (Å²) in [5, 5.41) is 2.75. The molecule has 1 amide bonds. The maximum atomic E-state index is 13.0. The topological polar surface area (TPSA) is 66.5 Å². The lowest BCUT2D eigenvalue weighted by molar-refractivity contribution is -0.120. The van der Waals surface area contributed by atoms with Crippen LogP contribution in [0.2, 0.25) is 0 Å². The first-order chi connectivity index (χ1) is 9.77. The number of sulfonamides is 1. The van der Waals surface area contributed by atoms with E-state index in [1.54, 1.807) is 6.92 Å². The second kappa shape index (κ2) is 6.11. The monoisotopic (exact) mass is 314 g/mol. The van der Waals surface area contributed by atoms with Crippen molar-refractivity contribution in [1.29, 1.82) is 0 Å². The maximum Gasteiger partial charge on any atom is 0.228 e. The summed E-state index contributed by atoms with van der Waals surface area (Å²) < 4.78 is 37.5. The third kappa shape index (κ3) is 4.01. The van der Waals surface area contributed by atoms with Gasteiger partial charge in [-0.25, -0.2) is 17.1 Å². The average molecular weight is 314 g/mol. The minimum Gasteiger partial charge on any atom is -0.326 e. The Kier molecular flexibility index (Phi) is 4.63. The van der Waals surface area contributed by atoms with Gasteiger partial charge < -0.3 is 5.32 Å². The first-order valence-electron chi connectivity index (χ1n) is 6.79. The van der Waals surface area contributed by atoms with Gasteiger partial charge in [0.05, 0.1) is 12.2 Å². The molecule has 0 aliphatic carbocycles. The Hall–Kier alpha value is -1.47. The van der Waals surface area contributed by atoms with Gasteiger partial charge >= 0.3 is 0 Å². The smallest absolute Gasteiger partial charge is 0.228 e. The summed E-state index contributed by atoms with van der Waals surface area (Å²) in [6.07, 6.45) is 2.46. The largest absolute Gasteiger partial charge is 0.326 e. The highest BCUT2D eigenvalue weighted by Crippen LogP contribution is 2.22. The molecule has 21 heavy (non-hydrogen) atoms. The van der Waals surface area contributed by atoms with Gasteiger partial charge in [0.25, 0.3) is 0 Å². The highest BCUT2D eigenvalue weighted by atomic mass is 32.2. The lowest BCUT2D eigenvalue weighted by Crippen LogP contribution is -2.43. The lowest BCUT2D eigenvalue weighted by Gasteiger charge is -2.30. The summed E-state index contributed by atoms with van der Waals surface area (Å²) >= 11 is 0. The molecule has 1 aliphatic heterocycles. The summed E-state index contributed by atoms with van der Waals surface area (Å²) in [6, 6.07) is 4.14. The first-order valence-corrected chi connectivity index (χ1v) is 8.64. The first kappa shape index (κ1) is 15.9. The van der Waals surface area contributed by atoms with Crippen LogP contribution in [0.4, 0.5) is 10.1 Å². The van der Waals surface area contributed by atoms with Crippen molar-refractivity contribution < 1.29 is 17.6 Å². The molecule has 0 radical (unpaired) electrons. The SMILES string of the molecule is Cc1cc(F)ccc1NC(=O)C1CCCN(S(C)(=O)=O)C1. The van der Waals surface area contributed by atoms with E-state index in [2.05, 4.69) is 5.32 Å². The fraction of sp³-hybridized carbons (Fsp3) is 0.500. The fourth-order valence-corrected chi connectivity index (χ4v) is 3.37. The van der Waals surface area contributed by atoms with E-state index in [0.717, 1.165) is 6.26 Å². The second-order valence-corrected chi connectivity index (χ2v) is 7.39. The average Bonchev–Trinajstić information content (AvgIpc) is 2.41. The third-order valence-electron chi connectivity index (χ3n) is 3.67. The molecule has 0 saturated carbocycles. The Labute approximate surface area is 124 Å². The summed E-state index contributed by atoms with van der Waals surface area (Å²) in [5.74, 6) is -0.956. The van der Waals surface area contributed by atoms with E-state index in [4.69, 9.17) is 0 Å². The van der Waals surface area contributed by atoms with Crippen molar-refractivity contribution in [1.82, 2.24) is 4.31 Å². The van der Waals surface area contributed by atoms with E-state index in [9.17, 15) is 17.6 Å². The van der Waals surface area contributed by atoms with Crippen molar-refractivity contribution in [2.24, 2.45) is 5.92 Å². The van der Waals surface area contributed by atoms with Crippen LogP contribution in [0.1, 0.15) is 18.4 Å². The zero-order valence-corrected chi connectivity index (χ0v) is 12.9. The number of hydrogen-bond donors (Lipinski definition) is 1. The number of halogens is 1. The van der Waals surface area contributed by atoms with E-state index in [-0.39, 0.29) is 24.2 Å². The Morgan fingerprint density at radius 1 is 1.43 bits per heavy atom. The molecule has 1 aliphatic rings. The molecule has 1 aromatic carbocycles. The normalized spacial score (nSPS) is 20.2. The van der Waals surface area contributed by atoms with Crippen LogP contribution < -0.4 is 5.32 Å². The Bertz CT molecular complexity index is 646. The van der Waals surface area contributed by atoms with Crippen molar-refractivity contribution in [3.63, 3.8) is 0 Å². The van der Waals surface area contributed by atoms with Crippen molar-refractivity contribution in [3.05, 3.63) is 29.6 Å². The van der Waals surface area contributed by atoms with Gasteiger partial charge in [-0.05, 0) is 43.5 Å². The molecule has 7 heteroatoms. The van der Waals surface area contributed by atoms with Crippen LogP contribution in [0.5, 0.6) is 0 Å². The van der Waals surface area contributed by atoms with Gasteiger partial charge in [-0.1, -0.05) is 0 Å². The summed E-state index contributed by atoms with van der Waals surface area (Å²) in [5.41, 5.74) is 1.19. The van der Waals surface area contributed by atoms with Gasteiger partial charge in [0.2, 0.25) is 15.9 Å². The molecule has 0 bridgehead atoms. The molecule has 1 N–H and O–H groups in total. The molecule has 0 aromatic heterocycles. The molecule has 1 fully saturated rings. The molecule has 1 heterocycles. The number of hydrogen-bond acceptors (Lipinski definition) is 3. The van der Waals surface area contributed by atoms with Crippen molar-refractivity contribution in [2.45, 2.75) is 19.8 Å². The quantitative estimate of drug-likeness (QED) is 0.924. The van der Waals surface area contributed by atoms with E-state index < -0.39 is 10.0 Å². The molecule has 1 saturated heterocycles. The Morgan fingerprint density at radius 3 is 2.76 bits per heavy atom. The van der Waals surface area contributed by atoms with Gasteiger partial charge in [0, 0.05) is 18.8 Å². The van der Waals surface area contributed by atoms with Crippen molar-refractivity contribution >= 4 is 21.6 Å². The minimum atomic E-state index is -3.28. The molecule has 1 unspecified atom stereocenters. The van der Waals surface area contributed by atoms with Crippen LogP contribution in [-0.4, -0.2) is 38.0 Å². The van der Waals surface area contributed by atoms with Crippen LogP contribution in [0.3, 0.4) is 0 Å². The van der Waals surface area contributed by atoms with E-state index in [1.807, 2.05) is 0 Å². The van der Waals surface area contributed by atoms with Crippen LogP contribution in [0, 0.1) is 18.7 Å². The third-order valence-corrected chi connectivity index (χ3v) is 4.94.